The highest BCUT2D eigenvalue weighted by atomic mass is 35.5. The summed E-state index contributed by atoms with van der Waals surface area (Å²) in [7, 11) is 0. The molecule has 1 aromatic carbocycles. The maximum absolute atomic E-state index is 11.1. The fourth-order valence-corrected chi connectivity index (χ4v) is 2.54. The first-order chi connectivity index (χ1) is 11.5. The summed E-state index contributed by atoms with van der Waals surface area (Å²) in [5.74, 6) is 1.46. The van der Waals surface area contributed by atoms with Gasteiger partial charge in [0.15, 0.2) is 0 Å². The van der Waals surface area contributed by atoms with E-state index in [0.29, 0.717) is 21.6 Å². The van der Waals surface area contributed by atoms with Crippen molar-refractivity contribution in [2.45, 2.75) is 0 Å². The van der Waals surface area contributed by atoms with Gasteiger partial charge in [-0.25, -0.2) is 9.59 Å². The van der Waals surface area contributed by atoms with Crippen LogP contribution >= 0.6 is 23.2 Å². The predicted molar refractivity (Wildman–Crippen MR) is 91.5 cm³/mol. The minimum Gasteiger partial charge on any atom is -0.457 e. The maximum atomic E-state index is 11.1. The van der Waals surface area contributed by atoms with E-state index in [0.717, 1.165) is 5.56 Å². The third kappa shape index (κ3) is 3.79. The Bertz CT molecular complexity index is 853. The van der Waals surface area contributed by atoms with Gasteiger partial charge in [-0.05, 0) is 42.5 Å². The number of imide groups is 1. The highest BCUT2D eigenvalue weighted by molar-refractivity contribution is 6.36. The molecule has 4 amide bonds. The molecule has 24 heavy (non-hydrogen) atoms. The number of benzene rings is 1. The zero-order valence-electron chi connectivity index (χ0n) is 12.1. The lowest BCUT2D eigenvalue weighted by Crippen LogP contribution is -2.53. The number of carbonyl (C=O) groups excluding carboxylic acids is 2. The van der Waals surface area contributed by atoms with E-state index in [1.54, 1.807) is 42.5 Å². The first-order valence-electron chi connectivity index (χ1n) is 6.84. The van der Waals surface area contributed by atoms with E-state index < -0.39 is 12.1 Å². The quantitative estimate of drug-likeness (QED) is 0.766. The lowest BCUT2D eigenvalue weighted by atomic mass is 10.2. The Morgan fingerprint density at radius 3 is 2.42 bits per heavy atom. The largest absolute Gasteiger partial charge is 0.457 e. The Kier molecular flexibility index (Phi) is 4.59. The van der Waals surface area contributed by atoms with Crippen LogP contribution in [0.1, 0.15) is 5.76 Å². The molecule has 0 radical (unpaired) electrons. The van der Waals surface area contributed by atoms with Gasteiger partial charge in [-0.15, -0.1) is 0 Å². The van der Waals surface area contributed by atoms with E-state index in [-0.39, 0.29) is 5.82 Å². The van der Waals surface area contributed by atoms with Gasteiger partial charge in [-0.1, -0.05) is 29.3 Å². The molecular weight excluding hydrogens is 353 g/mol. The second-order valence-electron chi connectivity index (χ2n) is 4.80. The maximum Gasteiger partial charge on any atom is 0.328 e. The molecular formula is C16H11Cl2N3O3. The first-order valence-corrected chi connectivity index (χ1v) is 7.59. The fraction of sp³-hybridized carbons (Fsp3) is 0. The van der Waals surface area contributed by atoms with Gasteiger partial charge in [0, 0.05) is 10.6 Å². The van der Waals surface area contributed by atoms with Crippen LogP contribution in [0, 0.1) is 0 Å². The molecule has 1 aliphatic heterocycles. The normalized spacial score (nSPS) is 14.3. The van der Waals surface area contributed by atoms with Gasteiger partial charge >= 0.3 is 12.1 Å². The zero-order valence-corrected chi connectivity index (χ0v) is 13.6. The average Bonchev–Trinajstić information content (AvgIpc) is 2.95. The van der Waals surface area contributed by atoms with Gasteiger partial charge in [0.25, 0.3) is 0 Å². The van der Waals surface area contributed by atoms with Crippen LogP contribution in [-0.4, -0.2) is 12.1 Å². The molecule has 1 aliphatic rings. The molecule has 3 N–H and O–H groups in total. The molecule has 0 aliphatic carbocycles. The van der Waals surface area contributed by atoms with Crippen LogP contribution in [0.25, 0.3) is 17.4 Å². The van der Waals surface area contributed by atoms with Gasteiger partial charge in [0.2, 0.25) is 0 Å². The van der Waals surface area contributed by atoms with E-state index in [1.807, 2.05) is 5.32 Å². The highest BCUT2D eigenvalue weighted by Crippen LogP contribution is 2.31. The zero-order chi connectivity index (χ0) is 17.1. The number of hydrogen-bond donors (Lipinski definition) is 3. The Hall–Kier alpha value is -2.70. The average molecular weight is 364 g/mol. The Balaban J connectivity index is 1.74. The van der Waals surface area contributed by atoms with Crippen molar-refractivity contribution in [1.29, 1.82) is 0 Å². The monoisotopic (exact) mass is 363 g/mol. The van der Waals surface area contributed by atoms with Gasteiger partial charge in [-0.2, -0.15) is 0 Å². The minimum absolute atomic E-state index is 0.271. The van der Waals surface area contributed by atoms with Gasteiger partial charge in [0.1, 0.15) is 17.3 Å². The van der Waals surface area contributed by atoms with Crippen LogP contribution in [-0.2, 0) is 0 Å². The number of urea groups is 2. The van der Waals surface area contributed by atoms with Crippen molar-refractivity contribution in [1.82, 2.24) is 16.0 Å². The summed E-state index contributed by atoms with van der Waals surface area (Å²) in [6.07, 6.45) is 4.85. The molecule has 0 bridgehead atoms. The summed E-state index contributed by atoms with van der Waals surface area (Å²) in [6.45, 7) is 0. The summed E-state index contributed by atoms with van der Waals surface area (Å²) in [5.41, 5.74) is 0.733. The van der Waals surface area contributed by atoms with Crippen molar-refractivity contribution < 1.29 is 14.0 Å². The molecule has 0 atom stereocenters. The van der Waals surface area contributed by atoms with Crippen molar-refractivity contribution in [2.75, 3.05) is 0 Å². The molecule has 0 spiro atoms. The number of carbonyl (C=O) groups is 2. The third-order valence-electron chi connectivity index (χ3n) is 3.07. The second-order valence-corrected chi connectivity index (χ2v) is 5.64. The number of furan rings is 1. The number of nitrogens with one attached hydrogen (secondary N) is 3. The van der Waals surface area contributed by atoms with Crippen LogP contribution in [0.15, 0.2) is 52.7 Å². The van der Waals surface area contributed by atoms with E-state index >= 15 is 0 Å². The molecule has 122 valence electrons. The summed E-state index contributed by atoms with van der Waals surface area (Å²) < 4.78 is 5.69. The number of hydrogen-bond acceptors (Lipinski definition) is 3. The van der Waals surface area contributed by atoms with E-state index in [4.69, 9.17) is 27.6 Å². The van der Waals surface area contributed by atoms with Crippen molar-refractivity contribution in [3.05, 3.63) is 64.1 Å². The SMILES string of the molecule is O=C1NC(=O)NC(=C/C=C/c2ccc(-c3ccc(Cl)cc3Cl)o2)N1. The Morgan fingerprint density at radius 1 is 0.958 bits per heavy atom. The standard InChI is InChI=1S/C16H11Cl2N3O3/c17-9-4-6-11(12(18)8-9)13-7-5-10(24-13)2-1-3-14-19-15(22)21-16(23)20-14/h1-8H,(H3,19,20,21,22,23)/b2-1+. The van der Waals surface area contributed by atoms with Crippen LogP contribution in [0.5, 0.6) is 0 Å². The molecule has 2 heterocycles. The lowest BCUT2D eigenvalue weighted by Gasteiger charge is -2.16. The van der Waals surface area contributed by atoms with E-state index in [2.05, 4.69) is 10.6 Å². The summed E-state index contributed by atoms with van der Waals surface area (Å²) >= 11 is 12.0. The molecule has 1 saturated heterocycles. The van der Waals surface area contributed by atoms with Crippen molar-refractivity contribution >= 4 is 41.3 Å². The highest BCUT2D eigenvalue weighted by Gasteiger charge is 2.16. The second kappa shape index (κ2) is 6.82. The summed E-state index contributed by atoms with van der Waals surface area (Å²) in [6, 6.07) is 7.54. The van der Waals surface area contributed by atoms with Crippen molar-refractivity contribution in [3.63, 3.8) is 0 Å². The summed E-state index contributed by atoms with van der Waals surface area (Å²) in [4.78, 5) is 22.3. The molecule has 1 aromatic heterocycles. The van der Waals surface area contributed by atoms with Crippen molar-refractivity contribution in [3.8, 4) is 11.3 Å². The molecule has 3 rings (SSSR count). The van der Waals surface area contributed by atoms with Crippen LogP contribution in [0.4, 0.5) is 9.59 Å². The van der Waals surface area contributed by atoms with Gasteiger partial charge < -0.3 is 4.42 Å². The van der Waals surface area contributed by atoms with E-state index in [1.165, 1.54) is 6.08 Å². The van der Waals surface area contributed by atoms with Crippen LogP contribution < -0.4 is 16.0 Å². The van der Waals surface area contributed by atoms with Gasteiger partial charge in [-0.3, -0.25) is 16.0 Å². The fourth-order valence-electron chi connectivity index (χ4n) is 2.04. The molecule has 6 nitrogen and oxygen atoms in total. The third-order valence-corrected chi connectivity index (χ3v) is 3.62. The van der Waals surface area contributed by atoms with Gasteiger partial charge in [0.05, 0.1) is 5.02 Å². The number of rotatable bonds is 3. The van der Waals surface area contributed by atoms with Crippen molar-refractivity contribution in [2.24, 2.45) is 0 Å². The molecule has 1 fully saturated rings. The first kappa shape index (κ1) is 16.2. The number of amides is 4. The number of halogens is 2. The molecule has 0 unspecified atom stereocenters. The predicted octanol–water partition coefficient (Wildman–Crippen LogP) is 4.13. The smallest absolute Gasteiger partial charge is 0.328 e. The van der Waals surface area contributed by atoms with Crippen LogP contribution in [0.2, 0.25) is 10.0 Å². The van der Waals surface area contributed by atoms with E-state index in [9.17, 15) is 9.59 Å². The van der Waals surface area contributed by atoms with Crippen LogP contribution in [0.3, 0.4) is 0 Å². The lowest BCUT2D eigenvalue weighted by molar-refractivity contribution is 0.224. The molecule has 8 heteroatoms. The molecule has 0 saturated carbocycles. The summed E-state index contributed by atoms with van der Waals surface area (Å²) in [5, 5.41) is 7.98. The number of allylic oxidation sites excluding steroid dienone is 2. The Labute approximate surface area is 147 Å². The Morgan fingerprint density at radius 2 is 1.71 bits per heavy atom. The molecule has 2 aromatic rings. The topological polar surface area (TPSA) is 83.4 Å². The minimum atomic E-state index is -0.587.